The van der Waals surface area contributed by atoms with E-state index in [-0.39, 0.29) is 10.7 Å². The fraction of sp³-hybridized carbons (Fsp3) is 0.105. The molecule has 0 unspecified atom stereocenters. The van der Waals surface area contributed by atoms with Gasteiger partial charge in [0.1, 0.15) is 5.57 Å². The summed E-state index contributed by atoms with van der Waals surface area (Å²) in [6, 6.07) is 12.3. The van der Waals surface area contributed by atoms with Crippen molar-refractivity contribution < 1.29 is 19.1 Å². The number of nitrogens with zero attached hydrogens (tertiary/aromatic N) is 1. The number of thiocarbonyl (C=S) groups is 1. The van der Waals surface area contributed by atoms with E-state index < -0.39 is 11.8 Å². The van der Waals surface area contributed by atoms with E-state index in [2.05, 4.69) is 21.2 Å². The van der Waals surface area contributed by atoms with Crippen LogP contribution in [0.5, 0.6) is 11.5 Å². The summed E-state index contributed by atoms with van der Waals surface area (Å²) in [5.41, 5.74) is 1.12. The first-order valence-corrected chi connectivity index (χ1v) is 9.04. The van der Waals surface area contributed by atoms with Crippen LogP contribution in [0.25, 0.3) is 6.08 Å². The summed E-state index contributed by atoms with van der Waals surface area (Å²) in [6.07, 6.45) is 1.49. The smallest absolute Gasteiger partial charge is 0.270 e. The maximum absolute atomic E-state index is 13.0. The van der Waals surface area contributed by atoms with Crippen LogP contribution in [-0.2, 0) is 9.59 Å². The van der Waals surface area contributed by atoms with Gasteiger partial charge in [-0.25, -0.2) is 0 Å². The molecular formula is C19H15BrN2O4S. The Morgan fingerprint density at radius 2 is 1.70 bits per heavy atom. The van der Waals surface area contributed by atoms with E-state index in [4.69, 9.17) is 21.7 Å². The maximum atomic E-state index is 13.0. The van der Waals surface area contributed by atoms with Gasteiger partial charge in [-0.3, -0.25) is 19.8 Å². The van der Waals surface area contributed by atoms with Gasteiger partial charge in [-0.15, -0.1) is 0 Å². The summed E-state index contributed by atoms with van der Waals surface area (Å²) < 4.78 is 11.2. The van der Waals surface area contributed by atoms with E-state index >= 15 is 0 Å². The third kappa shape index (κ3) is 3.72. The van der Waals surface area contributed by atoms with Gasteiger partial charge in [-0.1, -0.05) is 34.1 Å². The fourth-order valence-corrected chi connectivity index (χ4v) is 3.32. The summed E-state index contributed by atoms with van der Waals surface area (Å²) in [6.45, 7) is 0. The number of carbonyl (C=O) groups excluding carboxylic acids is 2. The van der Waals surface area contributed by atoms with Gasteiger partial charge in [0.2, 0.25) is 0 Å². The minimum atomic E-state index is -0.557. The summed E-state index contributed by atoms with van der Waals surface area (Å²) in [4.78, 5) is 26.7. The molecule has 0 atom stereocenters. The van der Waals surface area contributed by atoms with Crippen LogP contribution in [0.4, 0.5) is 5.69 Å². The molecule has 1 N–H and O–H groups in total. The fourth-order valence-electron chi connectivity index (χ4n) is 2.61. The van der Waals surface area contributed by atoms with Crippen LogP contribution in [0.1, 0.15) is 5.56 Å². The number of carbonyl (C=O) groups is 2. The SMILES string of the molecule is COc1cc(Br)c(/C=C2\C(=O)NC(=S)N(c3ccccc3)C2=O)cc1OC. The molecule has 27 heavy (non-hydrogen) atoms. The zero-order valence-electron chi connectivity index (χ0n) is 14.5. The number of rotatable bonds is 4. The second-order valence-electron chi connectivity index (χ2n) is 5.52. The lowest BCUT2D eigenvalue weighted by Gasteiger charge is -2.28. The Hall–Kier alpha value is -2.71. The third-order valence-electron chi connectivity index (χ3n) is 3.92. The molecule has 1 heterocycles. The molecule has 0 radical (unpaired) electrons. The second kappa shape index (κ2) is 7.89. The number of methoxy groups -OCH3 is 2. The molecule has 8 heteroatoms. The molecule has 1 aliphatic heterocycles. The highest BCUT2D eigenvalue weighted by molar-refractivity contribution is 9.10. The van der Waals surface area contributed by atoms with Crippen LogP contribution in [-0.4, -0.2) is 31.1 Å². The Morgan fingerprint density at radius 1 is 1.07 bits per heavy atom. The average Bonchev–Trinajstić information content (AvgIpc) is 2.66. The predicted molar refractivity (Wildman–Crippen MR) is 110 cm³/mol. The highest BCUT2D eigenvalue weighted by Gasteiger charge is 2.34. The van der Waals surface area contributed by atoms with E-state index in [1.165, 1.54) is 25.2 Å². The Bertz CT molecular complexity index is 960. The average molecular weight is 447 g/mol. The second-order valence-corrected chi connectivity index (χ2v) is 6.76. The number of para-hydroxylation sites is 1. The van der Waals surface area contributed by atoms with E-state index in [0.29, 0.717) is 27.2 Å². The van der Waals surface area contributed by atoms with Gasteiger partial charge in [-0.2, -0.15) is 0 Å². The van der Waals surface area contributed by atoms with Crippen LogP contribution < -0.4 is 19.7 Å². The molecule has 0 aliphatic carbocycles. The monoisotopic (exact) mass is 446 g/mol. The normalized spacial score (nSPS) is 15.7. The highest BCUT2D eigenvalue weighted by atomic mass is 79.9. The molecular weight excluding hydrogens is 432 g/mol. The van der Waals surface area contributed by atoms with Gasteiger partial charge in [0.05, 0.1) is 19.9 Å². The molecule has 0 bridgehead atoms. The minimum absolute atomic E-state index is 0.0413. The van der Waals surface area contributed by atoms with Crippen LogP contribution >= 0.6 is 28.1 Å². The predicted octanol–water partition coefficient (Wildman–Crippen LogP) is 3.30. The van der Waals surface area contributed by atoms with Crippen molar-refractivity contribution in [3.8, 4) is 11.5 Å². The highest BCUT2D eigenvalue weighted by Crippen LogP contribution is 2.34. The quantitative estimate of drug-likeness (QED) is 0.443. The molecule has 1 fully saturated rings. The molecule has 0 aromatic heterocycles. The molecule has 0 saturated carbocycles. The third-order valence-corrected chi connectivity index (χ3v) is 4.89. The molecule has 138 valence electrons. The Morgan fingerprint density at radius 3 is 2.33 bits per heavy atom. The van der Waals surface area contributed by atoms with Crippen molar-refractivity contribution >= 4 is 56.8 Å². The standard InChI is InChI=1S/C19H15BrN2O4S/c1-25-15-9-11(14(20)10-16(15)26-2)8-13-17(23)21-19(27)22(18(13)24)12-6-4-3-5-7-12/h3-10H,1-2H3,(H,21,23,27)/b13-8+. The number of nitrogens with one attached hydrogen (secondary N) is 1. The molecule has 3 rings (SSSR count). The summed E-state index contributed by atoms with van der Waals surface area (Å²) >= 11 is 8.61. The number of ether oxygens (including phenoxy) is 2. The number of anilines is 1. The van der Waals surface area contributed by atoms with Crippen LogP contribution in [0, 0.1) is 0 Å². The lowest BCUT2D eigenvalue weighted by Crippen LogP contribution is -2.54. The van der Waals surface area contributed by atoms with E-state index in [9.17, 15) is 9.59 Å². The molecule has 2 aromatic rings. The summed E-state index contributed by atoms with van der Waals surface area (Å²) in [5, 5.41) is 2.60. The lowest BCUT2D eigenvalue weighted by atomic mass is 10.1. The maximum Gasteiger partial charge on any atom is 0.270 e. The van der Waals surface area contributed by atoms with Crippen molar-refractivity contribution in [1.29, 1.82) is 0 Å². The number of halogens is 1. The van der Waals surface area contributed by atoms with Crippen molar-refractivity contribution in [1.82, 2.24) is 5.32 Å². The molecule has 1 aliphatic rings. The number of hydrogen-bond donors (Lipinski definition) is 1. The summed E-state index contributed by atoms with van der Waals surface area (Å²) in [5.74, 6) is -0.0554. The Balaban J connectivity index is 2.06. The molecule has 0 spiro atoms. The first-order chi connectivity index (χ1) is 13.0. The van der Waals surface area contributed by atoms with Gasteiger partial charge in [0.25, 0.3) is 11.8 Å². The lowest BCUT2D eigenvalue weighted by molar-refractivity contribution is -0.122. The van der Waals surface area contributed by atoms with Crippen molar-refractivity contribution in [3.05, 3.63) is 58.1 Å². The van der Waals surface area contributed by atoms with Gasteiger partial charge >= 0.3 is 0 Å². The van der Waals surface area contributed by atoms with Gasteiger partial charge in [0.15, 0.2) is 16.6 Å². The first-order valence-electron chi connectivity index (χ1n) is 7.84. The zero-order chi connectivity index (χ0) is 19.6. The van der Waals surface area contributed by atoms with Crippen LogP contribution in [0.3, 0.4) is 0 Å². The van der Waals surface area contributed by atoms with Crippen molar-refractivity contribution in [2.75, 3.05) is 19.1 Å². The van der Waals surface area contributed by atoms with Gasteiger partial charge < -0.3 is 9.47 Å². The van der Waals surface area contributed by atoms with E-state index in [1.807, 2.05) is 6.07 Å². The van der Waals surface area contributed by atoms with Crippen molar-refractivity contribution in [3.63, 3.8) is 0 Å². The summed E-state index contributed by atoms with van der Waals surface area (Å²) in [7, 11) is 3.04. The van der Waals surface area contributed by atoms with Gasteiger partial charge in [-0.05, 0) is 48.1 Å². The topological polar surface area (TPSA) is 67.9 Å². The first kappa shape index (κ1) is 19.1. The Kier molecular flexibility index (Phi) is 5.57. The number of benzene rings is 2. The zero-order valence-corrected chi connectivity index (χ0v) is 16.9. The molecule has 1 saturated heterocycles. The van der Waals surface area contributed by atoms with E-state index in [1.54, 1.807) is 36.4 Å². The molecule has 2 aromatic carbocycles. The minimum Gasteiger partial charge on any atom is -0.493 e. The Labute approximate surface area is 169 Å². The number of amides is 2. The van der Waals surface area contributed by atoms with Crippen molar-refractivity contribution in [2.45, 2.75) is 0 Å². The van der Waals surface area contributed by atoms with Gasteiger partial charge in [0, 0.05) is 4.47 Å². The number of hydrogen-bond acceptors (Lipinski definition) is 5. The molecule has 2 amide bonds. The largest absolute Gasteiger partial charge is 0.493 e. The van der Waals surface area contributed by atoms with Crippen molar-refractivity contribution in [2.24, 2.45) is 0 Å². The van der Waals surface area contributed by atoms with Crippen LogP contribution in [0.15, 0.2) is 52.5 Å². The van der Waals surface area contributed by atoms with Crippen LogP contribution in [0.2, 0.25) is 0 Å². The van der Waals surface area contributed by atoms with E-state index in [0.717, 1.165) is 0 Å². The molecule has 6 nitrogen and oxygen atoms in total.